The summed E-state index contributed by atoms with van der Waals surface area (Å²) in [5.74, 6) is -2.30. The summed E-state index contributed by atoms with van der Waals surface area (Å²) >= 11 is 5.93. The average molecular weight is 550 g/mol. The van der Waals surface area contributed by atoms with Gasteiger partial charge in [-0.05, 0) is 47.9 Å². The highest BCUT2D eigenvalue weighted by Gasteiger charge is 2.58. The second-order valence-electron chi connectivity index (χ2n) is 9.65. The number of halogens is 1. The Morgan fingerprint density at radius 2 is 1.65 bits per heavy atom. The number of sulfonamides is 1. The molecule has 10 nitrogen and oxygen atoms in total. The third-order valence-electron chi connectivity index (χ3n) is 6.49. The number of carboxylic acid groups (broad SMARTS) is 1. The number of phenolic OH excluding ortho intramolecular Hbond substituents is 1. The summed E-state index contributed by atoms with van der Waals surface area (Å²) in [7, 11) is -4.35. The van der Waals surface area contributed by atoms with Gasteiger partial charge in [0.05, 0.1) is 17.9 Å². The fourth-order valence-electron chi connectivity index (χ4n) is 4.95. The van der Waals surface area contributed by atoms with Gasteiger partial charge >= 0.3 is 5.97 Å². The second kappa shape index (κ2) is 10.3. The van der Waals surface area contributed by atoms with E-state index in [2.05, 4.69) is 0 Å². The van der Waals surface area contributed by atoms with Crippen LogP contribution in [0, 0.1) is 5.92 Å². The second-order valence-corrected chi connectivity index (χ2v) is 11.9. The van der Waals surface area contributed by atoms with Crippen LogP contribution in [0.1, 0.15) is 25.8 Å². The molecule has 0 saturated carbocycles. The zero-order valence-electron chi connectivity index (χ0n) is 20.3. The number of carboxylic acids is 1. The molecule has 2 amide bonds. The number of carbonyl (C=O) groups is 3. The maximum atomic E-state index is 13.8. The standard InChI is InChI=1S/C25H28ClN3O7S/c1-15(2)13-27-14-22-28(20(24(27)33)11-16-3-7-18(30)8-4-16)25(34)21(12-23(31)32)29(22)37(35,36)19-9-5-17(26)6-10-19/h3-10,15,20-22,30H,11-14H2,1-2H3,(H,31,32)/t20-,21-,22-/m0/s1. The summed E-state index contributed by atoms with van der Waals surface area (Å²) in [4.78, 5) is 41.6. The third-order valence-corrected chi connectivity index (χ3v) is 8.66. The molecule has 12 heteroatoms. The van der Waals surface area contributed by atoms with Crippen molar-refractivity contribution in [2.24, 2.45) is 5.92 Å². The van der Waals surface area contributed by atoms with Gasteiger partial charge in [-0.15, -0.1) is 0 Å². The van der Waals surface area contributed by atoms with E-state index in [1.54, 1.807) is 12.1 Å². The van der Waals surface area contributed by atoms with Crippen molar-refractivity contribution in [3.05, 3.63) is 59.1 Å². The van der Waals surface area contributed by atoms with Gasteiger partial charge < -0.3 is 20.0 Å². The zero-order chi connectivity index (χ0) is 27.1. The molecule has 0 aromatic heterocycles. The molecule has 2 aromatic rings. The fourth-order valence-corrected chi connectivity index (χ4v) is 6.79. The maximum absolute atomic E-state index is 13.8. The van der Waals surface area contributed by atoms with Gasteiger partial charge in [0.15, 0.2) is 0 Å². The number of amides is 2. The van der Waals surface area contributed by atoms with Gasteiger partial charge in [0.25, 0.3) is 0 Å². The summed E-state index contributed by atoms with van der Waals surface area (Å²) in [6, 6.07) is 9.01. The third kappa shape index (κ3) is 5.29. The molecule has 0 radical (unpaired) electrons. The van der Waals surface area contributed by atoms with Crippen molar-refractivity contribution in [3.63, 3.8) is 0 Å². The van der Waals surface area contributed by atoms with Gasteiger partial charge in [-0.3, -0.25) is 14.4 Å². The van der Waals surface area contributed by atoms with Crippen molar-refractivity contribution in [1.82, 2.24) is 14.1 Å². The number of aromatic hydroxyl groups is 1. The molecule has 2 saturated heterocycles. The number of hydrogen-bond donors (Lipinski definition) is 2. The van der Waals surface area contributed by atoms with Gasteiger partial charge in [0.1, 0.15) is 24.0 Å². The number of carbonyl (C=O) groups excluding carboxylic acids is 2. The van der Waals surface area contributed by atoms with Crippen molar-refractivity contribution < 1.29 is 33.0 Å². The minimum absolute atomic E-state index is 0.0389. The van der Waals surface area contributed by atoms with E-state index in [0.717, 1.165) is 4.31 Å². The van der Waals surface area contributed by atoms with Crippen molar-refractivity contribution in [1.29, 1.82) is 0 Å². The van der Waals surface area contributed by atoms with E-state index in [4.69, 9.17) is 11.6 Å². The largest absolute Gasteiger partial charge is 0.508 e. The lowest BCUT2D eigenvalue weighted by Crippen LogP contribution is -2.64. The van der Waals surface area contributed by atoms with Crippen molar-refractivity contribution in [2.75, 3.05) is 13.1 Å². The first kappa shape index (κ1) is 26.9. The van der Waals surface area contributed by atoms with Crippen LogP contribution in [-0.4, -0.2) is 81.9 Å². The normalized spacial score (nSPS) is 22.5. The molecule has 0 aliphatic carbocycles. The monoisotopic (exact) mass is 549 g/mol. The molecular weight excluding hydrogens is 522 g/mol. The van der Waals surface area contributed by atoms with Crippen LogP contribution in [0.15, 0.2) is 53.4 Å². The topological polar surface area (TPSA) is 136 Å². The predicted molar refractivity (Wildman–Crippen MR) is 134 cm³/mol. The quantitative estimate of drug-likeness (QED) is 0.515. The minimum atomic E-state index is -4.35. The first-order valence-electron chi connectivity index (χ1n) is 11.8. The van der Waals surface area contributed by atoms with E-state index in [1.807, 2.05) is 13.8 Å². The Bertz CT molecular complexity index is 1300. The van der Waals surface area contributed by atoms with Gasteiger partial charge in [-0.25, -0.2) is 8.42 Å². The molecule has 0 unspecified atom stereocenters. The number of phenols is 1. The number of rotatable bonds is 8. The molecular formula is C25H28ClN3O7S. The Balaban J connectivity index is 1.82. The maximum Gasteiger partial charge on any atom is 0.305 e. The van der Waals surface area contributed by atoms with Crippen LogP contribution >= 0.6 is 11.6 Å². The SMILES string of the molecule is CC(C)CN1C[C@H]2N(C(=O)[C@H](CC(=O)O)N2S(=O)(=O)c2ccc(Cl)cc2)[C@@H](Cc2ccc(O)cc2)C1=O. The van der Waals surface area contributed by atoms with Crippen LogP contribution in [0.5, 0.6) is 5.75 Å². The number of aliphatic carboxylic acids is 1. The molecule has 2 N–H and O–H groups in total. The number of nitrogens with zero attached hydrogens (tertiary/aromatic N) is 3. The van der Waals surface area contributed by atoms with Gasteiger partial charge in [-0.1, -0.05) is 37.6 Å². The van der Waals surface area contributed by atoms with Crippen LogP contribution in [0.3, 0.4) is 0 Å². The summed E-state index contributed by atoms with van der Waals surface area (Å²) in [5.41, 5.74) is 0.655. The summed E-state index contributed by atoms with van der Waals surface area (Å²) in [5, 5.41) is 19.5. The zero-order valence-corrected chi connectivity index (χ0v) is 21.9. The molecule has 0 bridgehead atoms. The van der Waals surface area contributed by atoms with Crippen LogP contribution < -0.4 is 0 Å². The van der Waals surface area contributed by atoms with Crippen molar-refractivity contribution in [2.45, 2.75) is 49.8 Å². The Morgan fingerprint density at radius 3 is 2.22 bits per heavy atom. The molecule has 2 aliphatic heterocycles. The lowest BCUT2D eigenvalue weighted by Gasteiger charge is -2.44. The van der Waals surface area contributed by atoms with E-state index in [9.17, 15) is 33.0 Å². The molecule has 198 valence electrons. The molecule has 2 aliphatic rings. The fraction of sp³-hybridized carbons (Fsp3) is 0.400. The van der Waals surface area contributed by atoms with E-state index < -0.39 is 46.6 Å². The molecule has 2 heterocycles. The minimum Gasteiger partial charge on any atom is -0.508 e. The number of hydrogen-bond acceptors (Lipinski definition) is 6. The highest BCUT2D eigenvalue weighted by molar-refractivity contribution is 7.89. The van der Waals surface area contributed by atoms with Crippen LogP contribution in [-0.2, 0) is 30.8 Å². The molecule has 3 atom stereocenters. The first-order chi connectivity index (χ1) is 17.4. The average Bonchev–Trinajstić information content (AvgIpc) is 3.09. The van der Waals surface area contributed by atoms with Crippen molar-refractivity contribution in [3.8, 4) is 5.75 Å². The lowest BCUT2D eigenvalue weighted by atomic mass is 9.99. The van der Waals surface area contributed by atoms with E-state index in [-0.39, 0.29) is 35.4 Å². The van der Waals surface area contributed by atoms with Crippen molar-refractivity contribution >= 4 is 39.4 Å². The number of benzene rings is 2. The lowest BCUT2D eigenvalue weighted by molar-refractivity contribution is -0.153. The number of fused-ring (bicyclic) bond motifs is 1. The summed E-state index contributed by atoms with van der Waals surface area (Å²) in [6.07, 6.45) is -1.76. The Hall–Kier alpha value is -3.15. The van der Waals surface area contributed by atoms with Crippen LogP contribution in [0.4, 0.5) is 0 Å². The Kier molecular flexibility index (Phi) is 7.50. The van der Waals surface area contributed by atoms with Crippen LogP contribution in [0.2, 0.25) is 5.02 Å². The highest BCUT2D eigenvalue weighted by Crippen LogP contribution is 2.37. The number of piperazine rings is 1. The molecule has 4 rings (SSSR count). The molecule has 37 heavy (non-hydrogen) atoms. The summed E-state index contributed by atoms with van der Waals surface area (Å²) in [6.45, 7) is 4.09. The first-order valence-corrected chi connectivity index (χ1v) is 13.6. The molecule has 2 fully saturated rings. The van der Waals surface area contributed by atoms with E-state index >= 15 is 0 Å². The summed E-state index contributed by atoms with van der Waals surface area (Å²) < 4.78 is 28.6. The van der Waals surface area contributed by atoms with E-state index in [0.29, 0.717) is 17.1 Å². The van der Waals surface area contributed by atoms with Crippen LogP contribution in [0.25, 0.3) is 0 Å². The Labute approximate surface area is 220 Å². The molecule has 2 aromatic carbocycles. The van der Waals surface area contributed by atoms with Gasteiger partial charge in [-0.2, -0.15) is 4.31 Å². The van der Waals surface area contributed by atoms with Gasteiger partial charge in [0.2, 0.25) is 21.8 Å². The predicted octanol–water partition coefficient (Wildman–Crippen LogP) is 2.16. The van der Waals surface area contributed by atoms with E-state index in [1.165, 1.54) is 46.2 Å². The smallest absolute Gasteiger partial charge is 0.305 e. The highest BCUT2D eigenvalue weighted by atomic mass is 35.5. The van der Waals surface area contributed by atoms with Gasteiger partial charge in [0, 0.05) is 18.0 Å². The molecule has 0 spiro atoms. The Morgan fingerprint density at radius 1 is 1.03 bits per heavy atom.